The van der Waals surface area contributed by atoms with E-state index in [4.69, 9.17) is 4.74 Å². The summed E-state index contributed by atoms with van der Waals surface area (Å²) in [7, 11) is 0. The van der Waals surface area contributed by atoms with E-state index in [1.807, 2.05) is 41.6 Å². The summed E-state index contributed by atoms with van der Waals surface area (Å²) in [4.78, 5) is 17.9. The molecule has 2 aliphatic rings. The van der Waals surface area contributed by atoms with Gasteiger partial charge in [0, 0.05) is 38.4 Å². The molecule has 2 unspecified atom stereocenters. The van der Waals surface area contributed by atoms with Crippen LogP contribution in [0.1, 0.15) is 54.0 Å². The molecular formula is C25H36N4O2. The molecule has 0 spiro atoms. The highest BCUT2D eigenvalue weighted by Crippen LogP contribution is 2.24. The Morgan fingerprint density at radius 2 is 1.71 bits per heavy atom. The Morgan fingerprint density at radius 3 is 2.35 bits per heavy atom. The highest BCUT2D eigenvalue weighted by atomic mass is 16.5. The molecular weight excluding hydrogens is 388 g/mol. The molecule has 168 valence electrons. The fraction of sp³-hybridized carbons (Fsp3) is 0.600. The van der Waals surface area contributed by atoms with Crippen molar-refractivity contribution in [3.05, 3.63) is 52.8 Å². The second kappa shape index (κ2) is 9.53. The predicted molar refractivity (Wildman–Crippen MR) is 122 cm³/mol. The van der Waals surface area contributed by atoms with Crippen LogP contribution in [0.2, 0.25) is 0 Å². The zero-order chi connectivity index (χ0) is 22.0. The molecule has 4 rings (SSSR count). The fourth-order valence-corrected chi connectivity index (χ4v) is 5.19. The summed E-state index contributed by atoms with van der Waals surface area (Å²) in [5.74, 6) is 0.797. The van der Waals surface area contributed by atoms with Gasteiger partial charge in [-0.15, -0.1) is 0 Å². The SMILES string of the molecule is Cc1nn(Cc2ccccc2)c(C)c1C(=O)N1CCC(CN2CC(C)OC(C)C2)CC1. The third kappa shape index (κ3) is 5.18. The lowest BCUT2D eigenvalue weighted by Gasteiger charge is -2.39. The van der Waals surface area contributed by atoms with Gasteiger partial charge in [-0.2, -0.15) is 5.10 Å². The molecule has 1 amide bonds. The molecule has 0 N–H and O–H groups in total. The lowest BCUT2D eigenvalue weighted by molar-refractivity contribution is -0.0728. The van der Waals surface area contributed by atoms with Crippen molar-refractivity contribution in [2.24, 2.45) is 5.92 Å². The number of carbonyl (C=O) groups is 1. The number of piperidine rings is 1. The van der Waals surface area contributed by atoms with Gasteiger partial charge in [-0.1, -0.05) is 30.3 Å². The summed E-state index contributed by atoms with van der Waals surface area (Å²) < 4.78 is 7.83. The standard InChI is InChI=1S/C25H36N4O2/c1-18-14-27(15-19(2)31-18)16-23-10-12-28(13-11-23)25(30)24-20(3)26-29(21(24)4)17-22-8-6-5-7-9-22/h5-9,18-19,23H,10-17H2,1-4H3. The van der Waals surface area contributed by atoms with Crippen molar-refractivity contribution < 1.29 is 9.53 Å². The molecule has 0 saturated carbocycles. The Labute approximate surface area is 186 Å². The summed E-state index contributed by atoms with van der Waals surface area (Å²) in [6, 6.07) is 10.3. The minimum atomic E-state index is 0.140. The maximum absolute atomic E-state index is 13.3. The first kappa shape index (κ1) is 22.0. The average molecular weight is 425 g/mol. The van der Waals surface area contributed by atoms with Crippen LogP contribution in [0.5, 0.6) is 0 Å². The van der Waals surface area contributed by atoms with Gasteiger partial charge in [0.1, 0.15) is 0 Å². The molecule has 1 aromatic heterocycles. The van der Waals surface area contributed by atoms with E-state index >= 15 is 0 Å². The van der Waals surface area contributed by atoms with Crippen LogP contribution in [0.4, 0.5) is 0 Å². The zero-order valence-corrected chi connectivity index (χ0v) is 19.4. The van der Waals surface area contributed by atoms with E-state index in [1.165, 1.54) is 5.56 Å². The van der Waals surface area contributed by atoms with E-state index in [0.29, 0.717) is 24.7 Å². The Hall–Kier alpha value is -2.18. The van der Waals surface area contributed by atoms with Gasteiger partial charge in [0.05, 0.1) is 30.0 Å². The lowest BCUT2D eigenvalue weighted by Crippen LogP contribution is -2.48. The number of benzene rings is 1. The van der Waals surface area contributed by atoms with Gasteiger partial charge in [0.15, 0.2) is 0 Å². The number of aromatic nitrogens is 2. The molecule has 6 nitrogen and oxygen atoms in total. The quantitative estimate of drug-likeness (QED) is 0.737. The van der Waals surface area contributed by atoms with Gasteiger partial charge < -0.3 is 9.64 Å². The van der Waals surface area contributed by atoms with Gasteiger partial charge in [0.2, 0.25) is 0 Å². The van der Waals surface area contributed by atoms with Gasteiger partial charge in [-0.25, -0.2) is 0 Å². The molecule has 2 fully saturated rings. The molecule has 31 heavy (non-hydrogen) atoms. The second-order valence-electron chi connectivity index (χ2n) is 9.40. The van der Waals surface area contributed by atoms with Crippen LogP contribution < -0.4 is 0 Å². The molecule has 2 aromatic rings. The van der Waals surface area contributed by atoms with Crippen LogP contribution in [0.15, 0.2) is 30.3 Å². The second-order valence-corrected chi connectivity index (χ2v) is 9.40. The molecule has 3 heterocycles. The number of amides is 1. The first-order valence-electron chi connectivity index (χ1n) is 11.7. The van der Waals surface area contributed by atoms with Gasteiger partial charge in [-0.05, 0) is 52.0 Å². The molecule has 0 radical (unpaired) electrons. The van der Waals surface area contributed by atoms with Gasteiger partial charge in [0.25, 0.3) is 5.91 Å². The number of nitrogens with zero attached hydrogens (tertiary/aromatic N) is 4. The molecule has 0 aliphatic carbocycles. The first-order chi connectivity index (χ1) is 14.9. The van der Waals surface area contributed by atoms with Crippen molar-refractivity contribution in [3.63, 3.8) is 0 Å². The highest BCUT2D eigenvalue weighted by Gasteiger charge is 2.30. The normalized spacial score (nSPS) is 23.3. The van der Waals surface area contributed by atoms with Crippen molar-refractivity contribution in [1.29, 1.82) is 0 Å². The third-order valence-electron chi connectivity index (χ3n) is 6.68. The summed E-state index contributed by atoms with van der Waals surface area (Å²) in [6.07, 6.45) is 2.76. The van der Waals surface area contributed by atoms with Gasteiger partial charge in [-0.3, -0.25) is 14.4 Å². The number of hydrogen-bond donors (Lipinski definition) is 0. The van der Waals surface area contributed by atoms with Crippen LogP contribution in [0.25, 0.3) is 0 Å². The minimum Gasteiger partial charge on any atom is -0.373 e. The topological polar surface area (TPSA) is 50.6 Å². The van der Waals surface area contributed by atoms with Crippen LogP contribution in [-0.2, 0) is 11.3 Å². The Balaban J connectivity index is 1.35. The van der Waals surface area contributed by atoms with E-state index in [1.54, 1.807) is 0 Å². The molecule has 2 atom stereocenters. The molecule has 0 bridgehead atoms. The van der Waals surface area contributed by atoms with E-state index < -0.39 is 0 Å². The summed E-state index contributed by atoms with van der Waals surface area (Å²) in [6.45, 7) is 13.8. The Morgan fingerprint density at radius 1 is 1.06 bits per heavy atom. The summed E-state index contributed by atoms with van der Waals surface area (Å²) in [5, 5.41) is 4.68. The first-order valence-corrected chi connectivity index (χ1v) is 11.7. The number of hydrogen-bond acceptors (Lipinski definition) is 4. The molecule has 1 aromatic carbocycles. The van der Waals surface area contributed by atoms with Crippen molar-refractivity contribution >= 4 is 5.91 Å². The molecule has 6 heteroatoms. The van der Waals surface area contributed by atoms with Crippen molar-refractivity contribution in [2.75, 3.05) is 32.7 Å². The largest absolute Gasteiger partial charge is 0.373 e. The molecule has 2 saturated heterocycles. The zero-order valence-electron chi connectivity index (χ0n) is 19.4. The van der Waals surface area contributed by atoms with Crippen molar-refractivity contribution in [3.8, 4) is 0 Å². The van der Waals surface area contributed by atoms with E-state index in [-0.39, 0.29) is 5.91 Å². The van der Waals surface area contributed by atoms with Crippen molar-refractivity contribution in [1.82, 2.24) is 19.6 Å². The minimum absolute atomic E-state index is 0.140. The smallest absolute Gasteiger partial charge is 0.257 e. The number of rotatable bonds is 5. The molecule has 2 aliphatic heterocycles. The van der Waals surface area contributed by atoms with Crippen LogP contribution in [-0.4, -0.2) is 70.4 Å². The average Bonchev–Trinajstić information content (AvgIpc) is 3.01. The van der Waals surface area contributed by atoms with Crippen molar-refractivity contribution in [2.45, 2.75) is 59.3 Å². The number of morpholine rings is 1. The Bertz CT molecular complexity index is 876. The third-order valence-corrected chi connectivity index (χ3v) is 6.68. The maximum Gasteiger partial charge on any atom is 0.257 e. The number of carbonyl (C=O) groups excluding carboxylic acids is 1. The van der Waals surface area contributed by atoms with E-state index in [0.717, 1.165) is 62.5 Å². The van der Waals surface area contributed by atoms with E-state index in [9.17, 15) is 4.79 Å². The van der Waals surface area contributed by atoms with Crippen LogP contribution in [0, 0.1) is 19.8 Å². The summed E-state index contributed by atoms with van der Waals surface area (Å²) >= 11 is 0. The predicted octanol–water partition coefficient (Wildman–Crippen LogP) is 3.51. The monoisotopic (exact) mass is 424 g/mol. The van der Waals surface area contributed by atoms with E-state index in [2.05, 4.69) is 36.0 Å². The number of aryl methyl sites for hydroxylation is 1. The lowest BCUT2D eigenvalue weighted by atomic mass is 9.95. The number of likely N-dealkylation sites (tertiary alicyclic amines) is 1. The fourth-order valence-electron chi connectivity index (χ4n) is 5.19. The highest BCUT2D eigenvalue weighted by molar-refractivity contribution is 5.96. The number of ether oxygens (including phenoxy) is 1. The Kier molecular flexibility index (Phi) is 6.77. The maximum atomic E-state index is 13.3. The van der Waals surface area contributed by atoms with Crippen LogP contribution in [0.3, 0.4) is 0 Å². The summed E-state index contributed by atoms with van der Waals surface area (Å²) in [5.41, 5.74) is 3.77. The van der Waals surface area contributed by atoms with Gasteiger partial charge >= 0.3 is 0 Å². The van der Waals surface area contributed by atoms with Crippen LogP contribution >= 0.6 is 0 Å².